The first kappa shape index (κ1) is 37.6. The molecule has 5 nitrogen and oxygen atoms in total. The lowest BCUT2D eigenvalue weighted by atomic mass is 9.81. The number of para-hydroxylation sites is 1. The number of hydrogen-bond acceptors (Lipinski definition) is 4. The summed E-state index contributed by atoms with van der Waals surface area (Å²) in [7, 11) is 0. The predicted octanol–water partition coefficient (Wildman–Crippen LogP) is 14.0. The molecule has 5 heteroatoms. The minimum Gasteiger partial charge on any atom is -0.337 e. The van der Waals surface area contributed by atoms with E-state index in [-0.39, 0.29) is 6.04 Å². The van der Waals surface area contributed by atoms with Gasteiger partial charge in [0.05, 0.1) is 17.2 Å². The summed E-state index contributed by atoms with van der Waals surface area (Å²) < 4.78 is 2.62. The molecule has 4 atom stereocenters. The molecule has 5 aromatic carbocycles. The average molecular weight is 830 g/mol. The Morgan fingerprint density at radius 1 is 0.625 bits per heavy atom. The van der Waals surface area contributed by atoms with Crippen molar-refractivity contribution in [2.24, 2.45) is 15.9 Å². The van der Waals surface area contributed by atoms with Gasteiger partial charge in [-0.2, -0.15) is 0 Å². The second-order valence-electron chi connectivity index (χ2n) is 18.5. The van der Waals surface area contributed by atoms with E-state index in [1.807, 2.05) is 0 Å². The maximum Gasteiger partial charge on any atom is 0.171 e. The molecule has 5 aliphatic carbocycles. The van der Waals surface area contributed by atoms with E-state index in [0.29, 0.717) is 11.8 Å². The number of amidine groups is 2. The summed E-state index contributed by atoms with van der Waals surface area (Å²) in [5, 5.41) is 10.0. The van der Waals surface area contributed by atoms with Gasteiger partial charge in [-0.05, 0) is 121 Å². The monoisotopic (exact) mass is 829 g/mol. The van der Waals surface area contributed by atoms with Crippen LogP contribution in [0.4, 0.5) is 5.69 Å². The molecule has 13 rings (SSSR count). The summed E-state index contributed by atoms with van der Waals surface area (Å²) in [5.41, 5.74) is 14.5. The first-order valence-corrected chi connectivity index (χ1v) is 23.6. The van der Waals surface area contributed by atoms with E-state index in [9.17, 15) is 0 Å². The van der Waals surface area contributed by atoms with E-state index >= 15 is 0 Å². The molecule has 2 aliphatic heterocycles. The second kappa shape index (κ2) is 15.4. The van der Waals surface area contributed by atoms with Gasteiger partial charge in [0, 0.05) is 44.9 Å². The Balaban J connectivity index is 1.01. The van der Waals surface area contributed by atoms with E-state index < -0.39 is 6.17 Å². The number of aromatic nitrogens is 1. The Hall–Kier alpha value is -6.98. The molecule has 6 aromatic rings. The van der Waals surface area contributed by atoms with Crippen LogP contribution in [-0.4, -0.2) is 22.3 Å². The highest BCUT2D eigenvalue weighted by atomic mass is 15.2. The van der Waals surface area contributed by atoms with Crippen molar-refractivity contribution in [2.75, 3.05) is 4.90 Å². The van der Waals surface area contributed by atoms with E-state index in [2.05, 4.69) is 185 Å². The van der Waals surface area contributed by atoms with Crippen molar-refractivity contribution in [3.63, 3.8) is 0 Å². The Bertz CT molecular complexity index is 3260. The van der Waals surface area contributed by atoms with Crippen molar-refractivity contribution in [2.45, 2.75) is 75.9 Å². The zero-order valence-corrected chi connectivity index (χ0v) is 36.1. The molecular weight excluding hydrogens is 779 g/mol. The molecule has 7 aliphatic rings. The Labute approximate surface area is 375 Å². The van der Waals surface area contributed by atoms with Crippen molar-refractivity contribution >= 4 is 55.9 Å². The standard InChI is InChI=1S/C59H51N5/c1-3-15-38(16-4-1)39-27-29-42(30-28-39)58-60-57(41-18-5-2-6-19-41)61-59(62-58)49-33-31-40-17-9-10-22-46(40)56(49)64-54-34-32-45(37-51(54)50-35-43-20-7-8-21-44(43)36-55(50)64)63-52-25-13-11-23-47(52)48-24-12-14-26-53(48)63/h1-3,5,7-15,17-18,20-26,29,31,33,35-37,39,47,52,59H,4,6,16,19,27-28,30,32,34H2,(H,60,61,62). The zero-order valence-electron chi connectivity index (χ0n) is 36.1. The quantitative estimate of drug-likeness (QED) is 0.182. The number of rotatable bonds is 6. The Kier molecular flexibility index (Phi) is 9.02. The maximum atomic E-state index is 5.64. The molecule has 3 heterocycles. The van der Waals surface area contributed by atoms with Crippen molar-refractivity contribution in [1.82, 2.24) is 9.88 Å². The normalized spacial score (nSPS) is 23.5. The van der Waals surface area contributed by atoms with Gasteiger partial charge in [-0.15, -0.1) is 0 Å². The van der Waals surface area contributed by atoms with Crippen LogP contribution in [0.3, 0.4) is 0 Å². The smallest absolute Gasteiger partial charge is 0.171 e. The lowest BCUT2D eigenvalue weighted by molar-refractivity contribution is 0.525. The summed E-state index contributed by atoms with van der Waals surface area (Å²) in [6.45, 7) is 0. The molecule has 4 unspecified atom stereocenters. The Morgan fingerprint density at radius 3 is 2.23 bits per heavy atom. The molecule has 0 saturated heterocycles. The van der Waals surface area contributed by atoms with E-state index in [0.717, 1.165) is 68.6 Å². The van der Waals surface area contributed by atoms with Crippen LogP contribution in [0.15, 0.2) is 196 Å². The summed E-state index contributed by atoms with van der Waals surface area (Å²) in [6.07, 6.45) is 36.8. The summed E-state index contributed by atoms with van der Waals surface area (Å²) in [6, 6.07) is 36.6. The van der Waals surface area contributed by atoms with Crippen LogP contribution in [0.1, 0.15) is 85.8 Å². The van der Waals surface area contributed by atoms with Crippen LogP contribution in [0.2, 0.25) is 0 Å². The minimum atomic E-state index is -0.421. The van der Waals surface area contributed by atoms with Crippen LogP contribution in [-0.2, 0) is 6.42 Å². The maximum absolute atomic E-state index is 5.64. The van der Waals surface area contributed by atoms with Gasteiger partial charge in [0.1, 0.15) is 11.7 Å². The van der Waals surface area contributed by atoms with Crippen molar-refractivity contribution < 1.29 is 0 Å². The van der Waals surface area contributed by atoms with E-state index in [1.165, 1.54) is 83.9 Å². The largest absolute Gasteiger partial charge is 0.337 e. The van der Waals surface area contributed by atoms with Gasteiger partial charge in [-0.25, -0.2) is 9.98 Å². The first-order valence-electron chi connectivity index (χ1n) is 23.6. The van der Waals surface area contributed by atoms with Crippen molar-refractivity contribution in [3.05, 3.63) is 209 Å². The van der Waals surface area contributed by atoms with Crippen LogP contribution < -0.4 is 10.2 Å². The van der Waals surface area contributed by atoms with Gasteiger partial charge in [0.15, 0.2) is 6.17 Å². The molecule has 1 N–H and O–H groups in total. The summed E-state index contributed by atoms with van der Waals surface area (Å²) in [4.78, 5) is 13.9. The molecule has 0 radical (unpaired) electrons. The highest BCUT2D eigenvalue weighted by Crippen LogP contribution is 2.49. The molecule has 0 saturated carbocycles. The van der Waals surface area contributed by atoms with Crippen molar-refractivity contribution in [3.8, 4) is 5.69 Å². The van der Waals surface area contributed by atoms with Crippen LogP contribution in [0.25, 0.3) is 44.2 Å². The third-order valence-corrected chi connectivity index (χ3v) is 15.0. The van der Waals surface area contributed by atoms with Crippen molar-refractivity contribution in [1.29, 1.82) is 0 Å². The number of nitrogens with zero attached hydrogens (tertiary/aromatic N) is 4. The van der Waals surface area contributed by atoms with Gasteiger partial charge in [-0.3, -0.25) is 0 Å². The number of allylic oxidation sites excluding steroid dienone is 11. The van der Waals surface area contributed by atoms with Crippen LogP contribution in [0.5, 0.6) is 0 Å². The van der Waals surface area contributed by atoms with Gasteiger partial charge < -0.3 is 14.8 Å². The fourth-order valence-electron chi connectivity index (χ4n) is 11.8. The average Bonchev–Trinajstić information content (AvgIpc) is 3.87. The number of fused-ring (bicyclic) bond motifs is 8. The van der Waals surface area contributed by atoms with Crippen LogP contribution >= 0.6 is 0 Å². The fourth-order valence-corrected chi connectivity index (χ4v) is 11.8. The number of benzene rings is 5. The van der Waals surface area contributed by atoms with Gasteiger partial charge in [0.25, 0.3) is 0 Å². The van der Waals surface area contributed by atoms with E-state index in [1.54, 1.807) is 5.57 Å². The second-order valence-corrected chi connectivity index (χ2v) is 18.5. The minimum absolute atomic E-state index is 0.273. The molecule has 64 heavy (non-hydrogen) atoms. The molecular formula is C59H51N5. The van der Waals surface area contributed by atoms with Gasteiger partial charge in [0.2, 0.25) is 0 Å². The molecule has 0 amide bonds. The topological polar surface area (TPSA) is 44.9 Å². The number of anilines is 1. The molecule has 1 aromatic heterocycles. The zero-order chi connectivity index (χ0) is 42.1. The fraction of sp³-hybridized carbons (Fsp3) is 0.220. The van der Waals surface area contributed by atoms with Crippen LogP contribution in [0, 0.1) is 5.92 Å². The molecule has 312 valence electrons. The highest BCUT2D eigenvalue weighted by Gasteiger charge is 2.39. The van der Waals surface area contributed by atoms with E-state index in [4.69, 9.17) is 9.98 Å². The highest BCUT2D eigenvalue weighted by molar-refractivity contribution is 6.16. The molecule has 0 fully saturated rings. The third kappa shape index (κ3) is 6.19. The summed E-state index contributed by atoms with van der Waals surface area (Å²) in [5.74, 6) is 2.90. The van der Waals surface area contributed by atoms with Gasteiger partial charge in [-0.1, -0.05) is 151 Å². The summed E-state index contributed by atoms with van der Waals surface area (Å²) >= 11 is 0. The third-order valence-electron chi connectivity index (χ3n) is 15.0. The lowest BCUT2D eigenvalue weighted by Gasteiger charge is -2.33. The van der Waals surface area contributed by atoms with Gasteiger partial charge >= 0.3 is 0 Å². The number of hydrogen-bond donors (Lipinski definition) is 1. The molecule has 0 bridgehead atoms. The SMILES string of the molecule is C1=CCCC(C2=NC(c3ccc4ccccc4c3-n3c4c(c5cc6ccccc6cc53)C=C(N3c5ccccc5C5C=CC=CC53)CC4)N=C(C3=CCC(C4=CC=CCC4)CC3)N2)=C1. The Morgan fingerprint density at radius 2 is 1.41 bits per heavy atom. The molecule has 0 spiro atoms. The predicted molar refractivity (Wildman–Crippen MR) is 267 cm³/mol. The lowest BCUT2D eigenvalue weighted by Crippen LogP contribution is -2.38. The number of nitrogens with one attached hydrogen (secondary N) is 1. The number of aliphatic imine (C=N–C) groups is 2. The first-order chi connectivity index (χ1) is 31.7.